The molecule has 0 aliphatic rings. The summed E-state index contributed by atoms with van der Waals surface area (Å²) in [6.07, 6.45) is 1.16. The number of nitrogens with one attached hydrogen (secondary N) is 1. The Hall–Kier alpha value is -1.46. The van der Waals surface area contributed by atoms with Gasteiger partial charge in [0.05, 0.1) is 16.3 Å². The van der Waals surface area contributed by atoms with Gasteiger partial charge in [-0.05, 0) is 30.3 Å². The van der Waals surface area contributed by atoms with Gasteiger partial charge in [0, 0.05) is 10.7 Å². The lowest BCUT2D eigenvalue weighted by Gasteiger charge is -2.07. The fourth-order valence-corrected chi connectivity index (χ4v) is 1.82. The van der Waals surface area contributed by atoms with Crippen molar-refractivity contribution in [1.82, 2.24) is 4.98 Å². The lowest BCUT2D eigenvalue weighted by molar-refractivity contribution is 0.102. The number of anilines is 1. The number of carbonyl (C=O) groups is 1. The standard InChI is InChI=1S/C12H7BrClFN2O/c13-8-2-3-9(14)10(5-8)17-12(18)7-1-4-11(15)16-6-7/h1-6H,(H,17,18). The van der Waals surface area contributed by atoms with Gasteiger partial charge >= 0.3 is 0 Å². The van der Waals surface area contributed by atoms with Crippen molar-refractivity contribution < 1.29 is 9.18 Å². The van der Waals surface area contributed by atoms with Gasteiger partial charge in [0.25, 0.3) is 5.91 Å². The molecule has 2 aromatic rings. The zero-order valence-corrected chi connectivity index (χ0v) is 11.3. The third-order valence-corrected chi connectivity index (χ3v) is 2.99. The summed E-state index contributed by atoms with van der Waals surface area (Å²) in [5.41, 5.74) is 0.729. The lowest BCUT2D eigenvalue weighted by Crippen LogP contribution is -2.12. The van der Waals surface area contributed by atoms with Crippen LogP contribution in [0, 0.1) is 5.95 Å². The van der Waals surface area contributed by atoms with E-state index in [2.05, 4.69) is 26.2 Å². The minimum atomic E-state index is -0.632. The predicted molar refractivity (Wildman–Crippen MR) is 71.3 cm³/mol. The minimum absolute atomic E-state index is 0.257. The summed E-state index contributed by atoms with van der Waals surface area (Å²) >= 11 is 9.22. The second-order valence-corrected chi connectivity index (χ2v) is 4.77. The third kappa shape index (κ3) is 3.05. The molecule has 0 atom stereocenters. The highest BCUT2D eigenvalue weighted by molar-refractivity contribution is 9.10. The molecule has 6 heteroatoms. The van der Waals surface area contributed by atoms with Crippen molar-refractivity contribution >= 4 is 39.1 Å². The highest BCUT2D eigenvalue weighted by atomic mass is 79.9. The first-order chi connectivity index (χ1) is 8.56. The van der Waals surface area contributed by atoms with Gasteiger partial charge in [-0.3, -0.25) is 4.79 Å². The van der Waals surface area contributed by atoms with E-state index in [1.165, 1.54) is 6.07 Å². The molecule has 0 unspecified atom stereocenters. The summed E-state index contributed by atoms with van der Waals surface area (Å²) in [5, 5.41) is 3.04. The van der Waals surface area contributed by atoms with Crippen LogP contribution in [0.4, 0.5) is 10.1 Å². The Labute approximate surface area is 116 Å². The summed E-state index contributed by atoms with van der Waals surface area (Å²) in [5.74, 6) is -1.03. The van der Waals surface area contributed by atoms with Crippen molar-refractivity contribution in [3.05, 3.63) is 57.5 Å². The average Bonchev–Trinajstić information content (AvgIpc) is 2.34. The maximum absolute atomic E-state index is 12.6. The van der Waals surface area contributed by atoms with E-state index in [-0.39, 0.29) is 5.56 Å². The number of hydrogen-bond donors (Lipinski definition) is 1. The molecule has 92 valence electrons. The molecule has 0 saturated heterocycles. The van der Waals surface area contributed by atoms with Gasteiger partial charge in [-0.25, -0.2) is 4.98 Å². The van der Waals surface area contributed by atoms with Crippen molar-refractivity contribution in [3.63, 3.8) is 0 Å². The summed E-state index contributed by atoms with van der Waals surface area (Å²) in [7, 11) is 0. The Kier molecular flexibility index (Phi) is 3.93. The molecule has 0 bridgehead atoms. The second kappa shape index (κ2) is 5.46. The largest absolute Gasteiger partial charge is 0.321 e. The summed E-state index contributed by atoms with van der Waals surface area (Å²) in [4.78, 5) is 15.3. The molecule has 0 saturated carbocycles. The van der Waals surface area contributed by atoms with E-state index < -0.39 is 11.9 Å². The molecule has 1 N–H and O–H groups in total. The quantitative estimate of drug-likeness (QED) is 0.849. The number of benzene rings is 1. The minimum Gasteiger partial charge on any atom is -0.321 e. The fraction of sp³-hybridized carbons (Fsp3) is 0. The number of hydrogen-bond acceptors (Lipinski definition) is 2. The van der Waals surface area contributed by atoms with Crippen LogP contribution in [-0.2, 0) is 0 Å². The van der Waals surface area contributed by atoms with Crippen LogP contribution in [0.3, 0.4) is 0 Å². The van der Waals surface area contributed by atoms with Gasteiger partial charge < -0.3 is 5.32 Å². The number of pyridine rings is 1. The molecule has 0 radical (unpaired) electrons. The van der Waals surface area contributed by atoms with Gasteiger partial charge in [-0.15, -0.1) is 0 Å². The highest BCUT2D eigenvalue weighted by Crippen LogP contribution is 2.26. The van der Waals surface area contributed by atoms with E-state index in [9.17, 15) is 9.18 Å². The molecular formula is C12H7BrClFN2O. The van der Waals surface area contributed by atoms with Crippen LogP contribution in [0.1, 0.15) is 10.4 Å². The van der Waals surface area contributed by atoms with Gasteiger partial charge in [-0.2, -0.15) is 4.39 Å². The zero-order valence-electron chi connectivity index (χ0n) is 8.95. The fourth-order valence-electron chi connectivity index (χ4n) is 1.30. The van der Waals surface area contributed by atoms with Crippen molar-refractivity contribution in [2.45, 2.75) is 0 Å². The average molecular weight is 330 g/mol. The zero-order chi connectivity index (χ0) is 13.1. The first kappa shape index (κ1) is 13.0. The monoisotopic (exact) mass is 328 g/mol. The van der Waals surface area contributed by atoms with Crippen molar-refractivity contribution in [2.75, 3.05) is 5.32 Å². The van der Waals surface area contributed by atoms with Crippen LogP contribution < -0.4 is 5.32 Å². The normalized spacial score (nSPS) is 10.2. The molecule has 1 aromatic heterocycles. The molecule has 18 heavy (non-hydrogen) atoms. The van der Waals surface area contributed by atoms with Crippen LogP contribution in [0.2, 0.25) is 5.02 Å². The molecule has 1 heterocycles. The molecule has 2 rings (SSSR count). The van der Waals surface area contributed by atoms with Crippen LogP contribution in [-0.4, -0.2) is 10.9 Å². The molecule has 1 aromatic carbocycles. The van der Waals surface area contributed by atoms with Crippen LogP contribution in [0.25, 0.3) is 0 Å². The van der Waals surface area contributed by atoms with Crippen molar-refractivity contribution in [2.24, 2.45) is 0 Å². The Bertz CT molecular complexity index is 589. The number of nitrogens with zero attached hydrogens (tertiary/aromatic N) is 1. The number of aromatic nitrogens is 1. The highest BCUT2D eigenvalue weighted by Gasteiger charge is 2.09. The Morgan fingerprint density at radius 2 is 2.11 bits per heavy atom. The van der Waals surface area contributed by atoms with E-state index in [1.54, 1.807) is 18.2 Å². The molecule has 0 aliphatic heterocycles. The predicted octanol–water partition coefficient (Wildman–Crippen LogP) is 3.89. The van der Waals surface area contributed by atoms with Crippen molar-refractivity contribution in [3.8, 4) is 0 Å². The van der Waals surface area contributed by atoms with Crippen LogP contribution in [0.5, 0.6) is 0 Å². The third-order valence-electron chi connectivity index (χ3n) is 2.17. The van der Waals surface area contributed by atoms with Gasteiger partial charge in [0.2, 0.25) is 5.95 Å². The van der Waals surface area contributed by atoms with Crippen molar-refractivity contribution in [1.29, 1.82) is 0 Å². The molecule has 0 fully saturated rings. The summed E-state index contributed by atoms with van der Waals surface area (Å²) < 4.78 is 13.4. The Balaban J connectivity index is 2.21. The van der Waals surface area contributed by atoms with E-state index in [1.807, 2.05) is 0 Å². The van der Waals surface area contributed by atoms with E-state index >= 15 is 0 Å². The second-order valence-electron chi connectivity index (χ2n) is 3.45. The Morgan fingerprint density at radius 3 is 2.78 bits per heavy atom. The van der Waals surface area contributed by atoms with E-state index in [0.717, 1.165) is 16.7 Å². The number of halogens is 3. The van der Waals surface area contributed by atoms with E-state index in [4.69, 9.17) is 11.6 Å². The molecule has 0 spiro atoms. The summed E-state index contributed by atoms with van der Waals surface area (Å²) in [6.45, 7) is 0. The number of rotatable bonds is 2. The summed E-state index contributed by atoms with van der Waals surface area (Å²) in [6, 6.07) is 7.57. The van der Waals surface area contributed by atoms with Gasteiger partial charge in [0.15, 0.2) is 0 Å². The smallest absolute Gasteiger partial charge is 0.257 e. The SMILES string of the molecule is O=C(Nc1cc(Br)ccc1Cl)c1ccc(F)nc1. The van der Waals surface area contributed by atoms with Gasteiger partial charge in [0.1, 0.15) is 0 Å². The molecule has 0 aliphatic carbocycles. The number of carbonyl (C=O) groups excluding carboxylic acids is 1. The van der Waals surface area contributed by atoms with Crippen LogP contribution in [0.15, 0.2) is 41.0 Å². The van der Waals surface area contributed by atoms with Gasteiger partial charge in [-0.1, -0.05) is 27.5 Å². The first-order valence-electron chi connectivity index (χ1n) is 4.94. The topological polar surface area (TPSA) is 42.0 Å². The van der Waals surface area contributed by atoms with E-state index in [0.29, 0.717) is 10.7 Å². The molecule has 3 nitrogen and oxygen atoms in total. The first-order valence-corrected chi connectivity index (χ1v) is 6.11. The number of amides is 1. The Morgan fingerprint density at radius 1 is 1.33 bits per heavy atom. The van der Waals surface area contributed by atoms with Crippen LogP contribution >= 0.6 is 27.5 Å². The lowest BCUT2D eigenvalue weighted by atomic mass is 10.2. The maximum atomic E-state index is 12.6. The molecular weight excluding hydrogens is 322 g/mol. The molecule has 1 amide bonds. The maximum Gasteiger partial charge on any atom is 0.257 e.